The van der Waals surface area contributed by atoms with Crippen molar-refractivity contribution in [3.05, 3.63) is 23.5 Å². The van der Waals surface area contributed by atoms with Gasteiger partial charge in [0.05, 0.1) is 14.2 Å². The van der Waals surface area contributed by atoms with Crippen molar-refractivity contribution in [2.24, 2.45) is 11.7 Å². The molecule has 0 fully saturated rings. The summed E-state index contributed by atoms with van der Waals surface area (Å²) in [5, 5.41) is 0. The Morgan fingerprint density at radius 3 is 2.33 bits per heavy atom. The average Bonchev–Trinajstić information content (AvgIpc) is 2.37. The van der Waals surface area contributed by atoms with Crippen molar-refractivity contribution in [3.8, 4) is 11.5 Å². The fourth-order valence-electron chi connectivity index (χ4n) is 1.92. The van der Waals surface area contributed by atoms with Crippen molar-refractivity contribution < 1.29 is 13.9 Å². The van der Waals surface area contributed by atoms with Crippen LogP contribution in [0.3, 0.4) is 0 Å². The van der Waals surface area contributed by atoms with Crippen molar-refractivity contribution in [1.82, 2.24) is 0 Å². The quantitative estimate of drug-likeness (QED) is 0.814. The fourth-order valence-corrected chi connectivity index (χ4v) is 1.92. The lowest BCUT2D eigenvalue weighted by Crippen LogP contribution is -2.07. The lowest BCUT2D eigenvalue weighted by molar-refractivity contribution is 0.351. The molecule has 0 amide bonds. The van der Waals surface area contributed by atoms with Gasteiger partial charge in [-0.1, -0.05) is 6.92 Å². The van der Waals surface area contributed by atoms with Gasteiger partial charge in [0.2, 0.25) is 0 Å². The van der Waals surface area contributed by atoms with Crippen LogP contribution in [0, 0.1) is 11.7 Å². The minimum atomic E-state index is -0.243. The van der Waals surface area contributed by atoms with Gasteiger partial charge >= 0.3 is 0 Å². The van der Waals surface area contributed by atoms with Crippen molar-refractivity contribution in [2.45, 2.75) is 26.2 Å². The molecule has 0 saturated carbocycles. The Hall–Kier alpha value is -1.29. The summed E-state index contributed by atoms with van der Waals surface area (Å²) in [6, 6.07) is 3.09. The average molecular weight is 255 g/mol. The van der Waals surface area contributed by atoms with E-state index in [0.29, 0.717) is 35.9 Å². The molecule has 4 heteroatoms. The topological polar surface area (TPSA) is 44.5 Å². The van der Waals surface area contributed by atoms with E-state index in [1.165, 1.54) is 13.2 Å². The summed E-state index contributed by atoms with van der Waals surface area (Å²) in [4.78, 5) is 0. The molecular weight excluding hydrogens is 233 g/mol. The van der Waals surface area contributed by atoms with Gasteiger partial charge < -0.3 is 15.2 Å². The smallest absolute Gasteiger partial charge is 0.163 e. The molecule has 1 aromatic rings. The maximum atomic E-state index is 13.8. The summed E-state index contributed by atoms with van der Waals surface area (Å²) < 4.78 is 24.1. The molecule has 1 rings (SSSR count). The number of hydrogen-bond donors (Lipinski definition) is 1. The third-order valence-electron chi connectivity index (χ3n) is 3.12. The second-order valence-corrected chi connectivity index (χ2v) is 4.52. The summed E-state index contributed by atoms with van der Waals surface area (Å²) in [5.41, 5.74) is 6.16. The van der Waals surface area contributed by atoms with E-state index in [9.17, 15) is 4.39 Å². The van der Waals surface area contributed by atoms with Crippen LogP contribution < -0.4 is 15.2 Å². The molecule has 0 radical (unpaired) electrons. The molecule has 0 aliphatic carbocycles. The number of benzene rings is 1. The first-order valence-corrected chi connectivity index (χ1v) is 6.22. The van der Waals surface area contributed by atoms with E-state index in [0.717, 1.165) is 12.8 Å². The Morgan fingerprint density at radius 1 is 1.17 bits per heavy atom. The molecule has 2 N–H and O–H groups in total. The number of halogens is 1. The number of hydrogen-bond acceptors (Lipinski definition) is 3. The number of ether oxygens (including phenoxy) is 2. The Bertz CT molecular complexity index is 382. The van der Waals surface area contributed by atoms with Crippen LogP contribution in [-0.4, -0.2) is 20.8 Å². The highest BCUT2D eigenvalue weighted by Gasteiger charge is 2.12. The van der Waals surface area contributed by atoms with E-state index >= 15 is 0 Å². The molecule has 18 heavy (non-hydrogen) atoms. The molecule has 1 atom stereocenters. The molecule has 0 bridgehead atoms. The van der Waals surface area contributed by atoms with Gasteiger partial charge in [0, 0.05) is 6.07 Å². The van der Waals surface area contributed by atoms with Crippen LogP contribution in [0.2, 0.25) is 0 Å². The molecule has 0 spiro atoms. The van der Waals surface area contributed by atoms with Crippen molar-refractivity contribution in [2.75, 3.05) is 20.8 Å². The third-order valence-corrected chi connectivity index (χ3v) is 3.12. The van der Waals surface area contributed by atoms with Gasteiger partial charge in [-0.25, -0.2) is 4.39 Å². The molecular formula is C14H22FNO2. The standard InChI is InChI=1S/C14H22FNO2/c1-10(6-7-16)4-5-11-8-13(17-2)14(18-3)9-12(11)15/h8-10H,4-7,16H2,1-3H3. The number of aryl methyl sites for hydroxylation is 1. The summed E-state index contributed by atoms with van der Waals surface area (Å²) in [6.45, 7) is 2.81. The highest BCUT2D eigenvalue weighted by molar-refractivity contribution is 5.43. The van der Waals surface area contributed by atoms with E-state index in [-0.39, 0.29) is 5.82 Å². The second kappa shape index (κ2) is 7.21. The maximum absolute atomic E-state index is 13.8. The summed E-state index contributed by atoms with van der Waals surface area (Å²) >= 11 is 0. The number of rotatable bonds is 7. The zero-order valence-electron chi connectivity index (χ0n) is 11.3. The Balaban J connectivity index is 2.76. The first-order valence-electron chi connectivity index (χ1n) is 6.22. The van der Waals surface area contributed by atoms with Gasteiger partial charge in [-0.15, -0.1) is 0 Å². The largest absolute Gasteiger partial charge is 0.493 e. The summed E-state index contributed by atoms with van der Waals surface area (Å²) in [5.74, 6) is 1.25. The third kappa shape index (κ3) is 3.88. The molecule has 0 aliphatic heterocycles. The van der Waals surface area contributed by atoms with Crippen LogP contribution in [0.15, 0.2) is 12.1 Å². The highest BCUT2D eigenvalue weighted by atomic mass is 19.1. The molecule has 1 aromatic carbocycles. The van der Waals surface area contributed by atoms with Crippen LogP contribution in [-0.2, 0) is 6.42 Å². The molecule has 0 saturated heterocycles. The number of nitrogens with two attached hydrogens (primary N) is 1. The van der Waals surface area contributed by atoms with E-state index in [1.807, 2.05) is 0 Å². The first-order chi connectivity index (χ1) is 8.62. The molecule has 0 heterocycles. The van der Waals surface area contributed by atoms with E-state index < -0.39 is 0 Å². The van der Waals surface area contributed by atoms with Gasteiger partial charge in [-0.05, 0) is 43.4 Å². The molecule has 102 valence electrons. The molecule has 0 aliphatic rings. The van der Waals surface area contributed by atoms with Crippen LogP contribution in [0.25, 0.3) is 0 Å². The molecule has 3 nitrogen and oxygen atoms in total. The maximum Gasteiger partial charge on any atom is 0.163 e. The van der Waals surface area contributed by atoms with E-state index in [2.05, 4.69) is 6.92 Å². The van der Waals surface area contributed by atoms with Gasteiger partial charge in [0.1, 0.15) is 5.82 Å². The fraction of sp³-hybridized carbons (Fsp3) is 0.571. The summed E-state index contributed by atoms with van der Waals surface area (Å²) in [6.07, 6.45) is 2.58. The van der Waals surface area contributed by atoms with Gasteiger partial charge in [0.15, 0.2) is 11.5 Å². The minimum Gasteiger partial charge on any atom is -0.493 e. The molecule has 0 aromatic heterocycles. The second-order valence-electron chi connectivity index (χ2n) is 4.52. The van der Waals surface area contributed by atoms with Crippen molar-refractivity contribution >= 4 is 0 Å². The van der Waals surface area contributed by atoms with Crippen molar-refractivity contribution in [3.63, 3.8) is 0 Å². The lowest BCUT2D eigenvalue weighted by atomic mass is 9.98. The van der Waals surface area contributed by atoms with Gasteiger partial charge in [0.25, 0.3) is 0 Å². The van der Waals surface area contributed by atoms with Crippen LogP contribution >= 0.6 is 0 Å². The lowest BCUT2D eigenvalue weighted by Gasteiger charge is -2.13. The zero-order chi connectivity index (χ0) is 13.5. The Kier molecular flexibility index (Phi) is 5.92. The SMILES string of the molecule is COc1cc(F)c(CCC(C)CCN)cc1OC. The minimum absolute atomic E-state index is 0.243. The Labute approximate surface area is 108 Å². The highest BCUT2D eigenvalue weighted by Crippen LogP contribution is 2.30. The Morgan fingerprint density at radius 2 is 1.78 bits per heavy atom. The normalized spacial score (nSPS) is 12.3. The van der Waals surface area contributed by atoms with Gasteiger partial charge in [-0.3, -0.25) is 0 Å². The van der Waals surface area contributed by atoms with Gasteiger partial charge in [-0.2, -0.15) is 0 Å². The predicted octanol–water partition coefficient (Wildman–Crippen LogP) is 2.76. The van der Waals surface area contributed by atoms with E-state index in [4.69, 9.17) is 15.2 Å². The van der Waals surface area contributed by atoms with Crippen molar-refractivity contribution in [1.29, 1.82) is 0 Å². The predicted molar refractivity (Wildman–Crippen MR) is 70.7 cm³/mol. The summed E-state index contributed by atoms with van der Waals surface area (Å²) in [7, 11) is 3.05. The van der Waals surface area contributed by atoms with Crippen LogP contribution in [0.1, 0.15) is 25.3 Å². The van der Waals surface area contributed by atoms with E-state index in [1.54, 1.807) is 13.2 Å². The molecule has 1 unspecified atom stereocenters. The first kappa shape index (κ1) is 14.8. The van der Waals surface area contributed by atoms with Crippen LogP contribution in [0.4, 0.5) is 4.39 Å². The number of methoxy groups -OCH3 is 2. The monoisotopic (exact) mass is 255 g/mol. The van der Waals surface area contributed by atoms with Crippen LogP contribution in [0.5, 0.6) is 11.5 Å². The zero-order valence-corrected chi connectivity index (χ0v) is 11.3.